The van der Waals surface area contributed by atoms with E-state index >= 15 is 0 Å². The van der Waals surface area contributed by atoms with Crippen molar-refractivity contribution < 1.29 is 4.79 Å². The molecular formula is C15H28N2O. The van der Waals surface area contributed by atoms with Gasteiger partial charge >= 0.3 is 0 Å². The minimum Gasteiger partial charge on any atom is -0.339 e. The Morgan fingerprint density at radius 2 is 2.22 bits per heavy atom. The SMILES string of the molecule is CCCC1(C(=O)N2CCCC(C)C2C)CCNC1. The quantitative estimate of drug-likeness (QED) is 0.836. The van der Waals surface area contributed by atoms with Crippen LogP contribution in [0.15, 0.2) is 0 Å². The summed E-state index contributed by atoms with van der Waals surface area (Å²) in [4.78, 5) is 15.1. The number of amides is 1. The van der Waals surface area contributed by atoms with Gasteiger partial charge in [0.2, 0.25) is 5.91 Å². The molecule has 2 rings (SSSR count). The maximum Gasteiger partial charge on any atom is 0.230 e. The van der Waals surface area contributed by atoms with Crippen LogP contribution in [0.5, 0.6) is 0 Å². The standard InChI is InChI=1S/C15H28N2O/c1-4-7-15(8-9-16-11-15)14(18)17-10-5-6-12(2)13(17)3/h12-13,16H,4-11H2,1-3H3. The van der Waals surface area contributed by atoms with Crippen LogP contribution in [0.1, 0.15) is 52.9 Å². The first kappa shape index (κ1) is 13.9. The average Bonchev–Trinajstić information content (AvgIpc) is 2.82. The molecule has 0 aromatic rings. The Morgan fingerprint density at radius 3 is 2.83 bits per heavy atom. The molecule has 0 spiro atoms. The summed E-state index contributed by atoms with van der Waals surface area (Å²) in [6.07, 6.45) is 5.61. The molecule has 0 bridgehead atoms. The number of carbonyl (C=O) groups excluding carboxylic acids is 1. The maximum absolute atomic E-state index is 13.0. The smallest absolute Gasteiger partial charge is 0.230 e. The normalized spacial score (nSPS) is 36.9. The van der Waals surface area contributed by atoms with E-state index in [1.807, 2.05) is 0 Å². The minimum atomic E-state index is -0.0972. The van der Waals surface area contributed by atoms with Crippen molar-refractivity contribution in [3.63, 3.8) is 0 Å². The van der Waals surface area contributed by atoms with Gasteiger partial charge in [-0.05, 0) is 45.1 Å². The Balaban J connectivity index is 2.12. The summed E-state index contributed by atoms with van der Waals surface area (Å²) in [6, 6.07) is 0.417. The largest absolute Gasteiger partial charge is 0.339 e. The van der Waals surface area contributed by atoms with Crippen molar-refractivity contribution in [3.8, 4) is 0 Å². The van der Waals surface area contributed by atoms with E-state index in [9.17, 15) is 4.79 Å². The van der Waals surface area contributed by atoms with Gasteiger partial charge in [0.1, 0.15) is 0 Å². The molecule has 2 aliphatic rings. The van der Waals surface area contributed by atoms with Crippen molar-refractivity contribution in [2.45, 2.75) is 58.9 Å². The van der Waals surface area contributed by atoms with Crippen LogP contribution in [0.2, 0.25) is 0 Å². The second-order valence-electron chi connectivity index (χ2n) is 6.32. The van der Waals surface area contributed by atoms with E-state index in [4.69, 9.17) is 0 Å². The van der Waals surface area contributed by atoms with E-state index in [1.165, 1.54) is 12.8 Å². The second-order valence-corrected chi connectivity index (χ2v) is 6.32. The van der Waals surface area contributed by atoms with Gasteiger partial charge in [-0.25, -0.2) is 0 Å². The van der Waals surface area contributed by atoms with Crippen molar-refractivity contribution in [2.75, 3.05) is 19.6 Å². The third-order valence-corrected chi connectivity index (χ3v) is 5.06. The van der Waals surface area contributed by atoms with Crippen LogP contribution in [0.4, 0.5) is 0 Å². The van der Waals surface area contributed by atoms with E-state index in [2.05, 4.69) is 31.0 Å². The molecule has 3 atom stereocenters. The highest BCUT2D eigenvalue weighted by molar-refractivity contribution is 5.83. The summed E-state index contributed by atoms with van der Waals surface area (Å²) in [5, 5.41) is 3.40. The highest BCUT2D eigenvalue weighted by atomic mass is 16.2. The van der Waals surface area contributed by atoms with Gasteiger partial charge in [0, 0.05) is 19.1 Å². The van der Waals surface area contributed by atoms with Crippen LogP contribution in [-0.4, -0.2) is 36.5 Å². The second kappa shape index (κ2) is 5.60. The summed E-state index contributed by atoms with van der Waals surface area (Å²) in [5.41, 5.74) is -0.0972. The Bertz CT molecular complexity index is 297. The predicted octanol–water partition coefficient (Wildman–Crippen LogP) is 2.41. The van der Waals surface area contributed by atoms with Gasteiger partial charge in [0.05, 0.1) is 5.41 Å². The minimum absolute atomic E-state index is 0.0972. The third-order valence-electron chi connectivity index (χ3n) is 5.06. The Labute approximate surface area is 111 Å². The number of carbonyl (C=O) groups is 1. The highest BCUT2D eigenvalue weighted by Gasteiger charge is 2.44. The van der Waals surface area contributed by atoms with Crippen LogP contribution in [0, 0.1) is 11.3 Å². The van der Waals surface area contributed by atoms with Crippen LogP contribution >= 0.6 is 0 Å². The molecular weight excluding hydrogens is 224 g/mol. The first-order valence-corrected chi connectivity index (χ1v) is 7.62. The fraction of sp³-hybridized carbons (Fsp3) is 0.933. The van der Waals surface area contributed by atoms with Gasteiger partial charge in [-0.2, -0.15) is 0 Å². The molecule has 2 aliphatic heterocycles. The molecule has 3 heteroatoms. The lowest BCUT2D eigenvalue weighted by Gasteiger charge is -2.42. The molecule has 0 aromatic carbocycles. The fourth-order valence-corrected chi connectivity index (χ4v) is 3.65. The summed E-state index contributed by atoms with van der Waals surface area (Å²) in [7, 11) is 0. The molecule has 0 radical (unpaired) electrons. The zero-order valence-corrected chi connectivity index (χ0v) is 12.2. The van der Waals surface area contributed by atoms with Crippen LogP contribution in [0.3, 0.4) is 0 Å². The number of rotatable bonds is 3. The zero-order chi connectivity index (χ0) is 13.2. The average molecular weight is 252 g/mol. The molecule has 1 N–H and O–H groups in total. The lowest BCUT2D eigenvalue weighted by Crippen LogP contribution is -2.53. The topological polar surface area (TPSA) is 32.3 Å². The molecule has 18 heavy (non-hydrogen) atoms. The lowest BCUT2D eigenvalue weighted by atomic mass is 9.79. The third kappa shape index (κ3) is 2.42. The van der Waals surface area contributed by atoms with E-state index in [-0.39, 0.29) is 5.41 Å². The fourth-order valence-electron chi connectivity index (χ4n) is 3.65. The number of nitrogens with one attached hydrogen (secondary N) is 1. The van der Waals surface area contributed by atoms with Gasteiger partial charge < -0.3 is 10.2 Å². The molecule has 1 amide bonds. The summed E-state index contributed by atoms with van der Waals surface area (Å²) < 4.78 is 0. The summed E-state index contributed by atoms with van der Waals surface area (Å²) in [6.45, 7) is 9.56. The van der Waals surface area contributed by atoms with Crippen LogP contribution in [-0.2, 0) is 4.79 Å². The number of piperidine rings is 1. The molecule has 2 heterocycles. The van der Waals surface area contributed by atoms with Crippen molar-refractivity contribution in [1.29, 1.82) is 0 Å². The molecule has 104 valence electrons. The molecule has 2 saturated heterocycles. The molecule has 0 aromatic heterocycles. The van der Waals surface area contributed by atoms with Crippen molar-refractivity contribution >= 4 is 5.91 Å². The lowest BCUT2D eigenvalue weighted by molar-refractivity contribution is -0.146. The predicted molar refractivity (Wildman–Crippen MR) is 74.4 cm³/mol. The highest BCUT2D eigenvalue weighted by Crippen LogP contribution is 2.36. The van der Waals surface area contributed by atoms with Crippen LogP contribution < -0.4 is 5.32 Å². The molecule has 2 fully saturated rings. The Morgan fingerprint density at radius 1 is 1.44 bits per heavy atom. The zero-order valence-electron chi connectivity index (χ0n) is 12.2. The number of likely N-dealkylation sites (tertiary alicyclic amines) is 1. The monoisotopic (exact) mass is 252 g/mol. The number of hydrogen-bond donors (Lipinski definition) is 1. The number of nitrogens with zero attached hydrogens (tertiary/aromatic N) is 1. The van der Waals surface area contributed by atoms with E-state index in [1.54, 1.807) is 0 Å². The van der Waals surface area contributed by atoms with Crippen LogP contribution in [0.25, 0.3) is 0 Å². The Kier molecular flexibility index (Phi) is 4.31. The first-order chi connectivity index (χ1) is 8.60. The van der Waals surface area contributed by atoms with Gasteiger partial charge in [-0.1, -0.05) is 20.3 Å². The molecule has 3 nitrogen and oxygen atoms in total. The van der Waals surface area contributed by atoms with Crippen molar-refractivity contribution in [3.05, 3.63) is 0 Å². The first-order valence-electron chi connectivity index (χ1n) is 7.62. The van der Waals surface area contributed by atoms with Gasteiger partial charge in [0.15, 0.2) is 0 Å². The number of hydrogen-bond acceptors (Lipinski definition) is 2. The van der Waals surface area contributed by atoms with Gasteiger partial charge in [-0.3, -0.25) is 4.79 Å². The molecule has 0 saturated carbocycles. The van der Waals surface area contributed by atoms with Crippen molar-refractivity contribution in [1.82, 2.24) is 10.2 Å². The van der Waals surface area contributed by atoms with E-state index < -0.39 is 0 Å². The van der Waals surface area contributed by atoms with Crippen molar-refractivity contribution in [2.24, 2.45) is 11.3 Å². The Hall–Kier alpha value is -0.570. The van der Waals surface area contributed by atoms with Gasteiger partial charge in [0.25, 0.3) is 0 Å². The maximum atomic E-state index is 13.0. The van der Waals surface area contributed by atoms with Gasteiger partial charge in [-0.15, -0.1) is 0 Å². The summed E-state index contributed by atoms with van der Waals surface area (Å²) >= 11 is 0. The van der Waals surface area contributed by atoms with E-state index in [0.29, 0.717) is 17.9 Å². The van der Waals surface area contributed by atoms with E-state index in [0.717, 1.165) is 38.9 Å². The summed E-state index contributed by atoms with van der Waals surface area (Å²) in [5.74, 6) is 1.07. The molecule has 0 aliphatic carbocycles. The molecule has 3 unspecified atom stereocenters.